The molecule has 7 heteroatoms. The number of anilines is 3. The molecule has 0 atom stereocenters. The van der Waals surface area contributed by atoms with E-state index >= 15 is 0 Å². The maximum Gasteiger partial charge on any atom is 0.223 e. The molecule has 0 saturated carbocycles. The van der Waals surface area contributed by atoms with Crippen molar-refractivity contribution in [2.75, 3.05) is 22.6 Å². The quantitative estimate of drug-likeness (QED) is 0.551. The van der Waals surface area contributed by atoms with Gasteiger partial charge in [0, 0.05) is 24.0 Å². The second kappa shape index (κ2) is 4.43. The lowest BCUT2D eigenvalue weighted by atomic mass is 10.1. The SMILES string of the molecule is NNc1cc(N2CCc3sccc3C2)nc(N)n1. The molecule has 0 fully saturated rings. The number of fused-ring (bicyclic) bond motifs is 1. The van der Waals surface area contributed by atoms with Crippen LogP contribution in [0.2, 0.25) is 0 Å². The Morgan fingerprint density at radius 3 is 3.11 bits per heavy atom. The average molecular weight is 262 g/mol. The highest BCUT2D eigenvalue weighted by molar-refractivity contribution is 7.10. The van der Waals surface area contributed by atoms with E-state index in [0.717, 1.165) is 25.3 Å². The molecule has 0 spiro atoms. The molecule has 3 rings (SSSR count). The van der Waals surface area contributed by atoms with Crippen LogP contribution in [0.15, 0.2) is 17.5 Å². The summed E-state index contributed by atoms with van der Waals surface area (Å²) in [6.45, 7) is 1.80. The van der Waals surface area contributed by atoms with E-state index in [1.54, 1.807) is 0 Å². The lowest BCUT2D eigenvalue weighted by molar-refractivity contribution is 0.731. The molecule has 0 saturated heterocycles. The van der Waals surface area contributed by atoms with Gasteiger partial charge in [0.1, 0.15) is 11.6 Å². The van der Waals surface area contributed by atoms with E-state index in [1.807, 2.05) is 17.4 Å². The normalized spacial score (nSPS) is 14.4. The molecule has 6 nitrogen and oxygen atoms in total. The molecule has 0 aliphatic carbocycles. The molecule has 1 aliphatic rings. The number of aromatic nitrogens is 2. The van der Waals surface area contributed by atoms with Crippen molar-refractivity contribution in [3.63, 3.8) is 0 Å². The monoisotopic (exact) mass is 262 g/mol. The Hall–Kier alpha value is -1.86. The van der Waals surface area contributed by atoms with Gasteiger partial charge in [-0.15, -0.1) is 11.3 Å². The zero-order chi connectivity index (χ0) is 12.5. The number of nitrogens with two attached hydrogens (primary N) is 2. The maximum absolute atomic E-state index is 5.67. The number of hydrogen-bond donors (Lipinski definition) is 3. The van der Waals surface area contributed by atoms with Gasteiger partial charge in [-0.05, 0) is 23.4 Å². The molecule has 1 aliphatic heterocycles. The van der Waals surface area contributed by atoms with Crippen molar-refractivity contribution in [3.05, 3.63) is 28.0 Å². The van der Waals surface area contributed by atoms with Gasteiger partial charge >= 0.3 is 0 Å². The predicted octanol–water partition coefficient (Wildman–Crippen LogP) is 0.969. The molecule has 3 heterocycles. The summed E-state index contributed by atoms with van der Waals surface area (Å²) in [5, 5.41) is 2.13. The molecule has 94 valence electrons. The Morgan fingerprint density at radius 2 is 2.28 bits per heavy atom. The smallest absolute Gasteiger partial charge is 0.223 e. The van der Waals surface area contributed by atoms with Crippen molar-refractivity contribution in [1.82, 2.24) is 9.97 Å². The summed E-state index contributed by atoms with van der Waals surface area (Å²) in [6, 6.07) is 3.98. The molecule has 0 amide bonds. The Labute approximate surface area is 109 Å². The van der Waals surface area contributed by atoms with Crippen molar-refractivity contribution in [3.8, 4) is 0 Å². The highest BCUT2D eigenvalue weighted by Gasteiger charge is 2.19. The Balaban J connectivity index is 1.90. The van der Waals surface area contributed by atoms with Gasteiger partial charge in [0.15, 0.2) is 0 Å². The van der Waals surface area contributed by atoms with Crippen molar-refractivity contribution in [1.29, 1.82) is 0 Å². The predicted molar refractivity (Wildman–Crippen MR) is 73.3 cm³/mol. The summed E-state index contributed by atoms with van der Waals surface area (Å²) in [5.74, 6) is 6.95. The van der Waals surface area contributed by atoms with Crippen LogP contribution in [0.4, 0.5) is 17.6 Å². The first-order chi connectivity index (χ1) is 8.76. The zero-order valence-electron chi connectivity index (χ0n) is 9.76. The molecular formula is C11H14N6S. The summed E-state index contributed by atoms with van der Waals surface area (Å²) in [6.07, 6.45) is 1.04. The number of hydrogen-bond acceptors (Lipinski definition) is 7. The fourth-order valence-electron chi connectivity index (χ4n) is 2.13. The second-order valence-electron chi connectivity index (χ2n) is 4.15. The molecular weight excluding hydrogens is 248 g/mol. The lowest BCUT2D eigenvalue weighted by Gasteiger charge is -2.28. The van der Waals surface area contributed by atoms with E-state index < -0.39 is 0 Å². The summed E-state index contributed by atoms with van der Waals surface area (Å²) < 4.78 is 0. The zero-order valence-corrected chi connectivity index (χ0v) is 10.6. The third-order valence-corrected chi connectivity index (χ3v) is 4.03. The molecule has 18 heavy (non-hydrogen) atoms. The van der Waals surface area contributed by atoms with Crippen LogP contribution in [-0.2, 0) is 13.0 Å². The Morgan fingerprint density at radius 1 is 1.39 bits per heavy atom. The van der Waals surface area contributed by atoms with Gasteiger partial charge in [-0.3, -0.25) is 0 Å². The van der Waals surface area contributed by atoms with Crippen LogP contribution in [0.5, 0.6) is 0 Å². The van der Waals surface area contributed by atoms with E-state index in [0.29, 0.717) is 5.82 Å². The number of thiophene rings is 1. The summed E-state index contributed by atoms with van der Waals surface area (Å²) in [7, 11) is 0. The van der Waals surface area contributed by atoms with Crippen LogP contribution in [-0.4, -0.2) is 16.5 Å². The largest absolute Gasteiger partial charge is 0.368 e. The molecule has 2 aromatic heterocycles. The summed E-state index contributed by atoms with van der Waals surface area (Å²) in [4.78, 5) is 11.9. The van der Waals surface area contributed by atoms with Crippen LogP contribution < -0.4 is 21.9 Å². The van der Waals surface area contributed by atoms with Crippen LogP contribution in [0.25, 0.3) is 0 Å². The highest BCUT2D eigenvalue weighted by Crippen LogP contribution is 2.27. The Bertz CT molecular complexity index is 566. The number of hydrazine groups is 1. The topological polar surface area (TPSA) is 93.1 Å². The van der Waals surface area contributed by atoms with Gasteiger partial charge in [0.25, 0.3) is 0 Å². The third-order valence-electron chi connectivity index (χ3n) is 3.01. The minimum atomic E-state index is 0.233. The van der Waals surface area contributed by atoms with E-state index in [-0.39, 0.29) is 5.95 Å². The van der Waals surface area contributed by atoms with Gasteiger partial charge in [0.2, 0.25) is 5.95 Å². The maximum atomic E-state index is 5.67. The molecule has 0 radical (unpaired) electrons. The van der Waals surface area contributed by atoms with Crippen LogP contribution in [0, 0.1) is 0 Å². The first-order valence-electron chi connectivity index (χ1n) is 5.67. The molecule has 0 unspecified atom stereocenters. The molecule has 0 bridgehead atoms. The van der Waals surface area contributed by atoms with E-state index in [4.69, 9.17) is 11.6 Å². The molecule has 0 aromatic carbocycles. The first kappa shape index (κ1) is 11.2. The third kappa shape index (κ3) is 1.98. The lowest BCUT2D eigenvalue weighted by Crippen LogP contribution is -2.30. The molecule has 5 N–H and O–H groups in total. The minimum absolute atomic E-state index is 0.233. The van der Waals surface area contributed by atoms with E-state index in [2.05, 4.69) is 31.7 Å². The van der Waals surface area contributed by atoms with Gasteiger partial charge in [-0.2, -0.15) is 9.97 Å². The average Bonchev–Trinajstić information content (AvgIpc) is 2.85. The standard InChI is InChI=1S/C11H14N6S/c12-11-14-9(16-13)5-10(15-11)17-3-1-8-7(6-17)2-4-18-8/h2,4-5H,1,3,6,13H2,(H3,12,14,15,16). The van der Waals surface area contributed by atoms with Crippen molar-refractivity contribution < 1.29 is 0 Å². The van der Waals surface area contributed by atoms with E-state index in [1.165, 1.54) is 10.4 Å². The van der Waals surface area contributed by atoms with Gasteiger partial charge < -0.3 is 16.1 Å². The van der Waals surface area contributed by atoms with Gasteiger partial charge in [-0.25, -0.2) is 5.84 Å². The fourth-order valence-corrected chi connectivity index (χ4v) is 3.02. The fraction of sp³-hybridized carbons (Fsp3) is 0.273. The van der Waals surface area contributed by atoms with E-state index in [9.17, 15) is 0 Å². The minimum Gasteiger partial charge on any atom is -0.368 e. The second-order valence-corrected chi connectivity index (χ2v) is 5.16. The van der Waals surface area contributed by atoms with Crippen LogP contribution in [0.3, 0.4) is 0 Å². The van der Waals surface area contributed by atoms with Crippen molar-refractivity contribution in [2.45, 2.75) is 13.0 Å². The summed E-state index contributed by atoms with van der Waals surface area (Å²) in [5.41, 5.74) is 9.55. The van der Waals surface area contributed by atoms with Gasteiger partial charge in [0.05, 0.1) is 0 Å². The van der Waals surface area contributed by atoms with Crippen molar-refractivity contribution >= 4 is 28.9 Å². The number of rotatable bonds is 2. The Kier molecular flexibility index (Phi) is 2.77. The summed E-state index contributed by atoms with van der Waals surface area (Å²) >= 11 is 1.82. The number of nitrogen functional groups attached to an aromatic ring is 2. The first-order valence-corrected chi connectivity index (χ1v) is 6.55. The van der Waals surface area contributed by atoms with Crippen molar-refractivity contribution in [2.24, 2.45) is 5.84 Å². The number of nitrogens with zero attached hydrogens (tertiary/aromatic N) is 3. The van der Waals surface area contributed by atoms with Crippen LogP contribution >= 0.6 is 11.3 Å². The number of nitrogens with one attached hydrogen (secondary N) is 1. The highest BCUT2D eigenvalue weighted by atomic mass is 32.1. The molecule has 2 aromatic rings. The van der Waals surface area contributed by atoms with Crippen LogP contribution in [0.1, 0.15) is 10.4 Å². The van der Waals surface area contributed by atoms with Gasteiger partial charge in [-0.1, -0.05) is 0 Å².